The molecule has 1 aliphatic heterocycles. The molecule has 9 heavy (non-hydrogen) atoms. The summed E-state index contributed by atoms with van der Waals surface area (Å²) in [5, 5.41) is 0. The van der Waals surface area contributed by atoms with Gasteiger partial charge in [0.05, 0.1) is 10.6 Å². The van der Waals surface area contributed by atoms with Crippen LogP contribution in [0.1, 0.15) is 12.8 Å². The molecule has 1 rings (SSSR count). The quantitative estimate of drug-likeness (QED) is 0.310. The Morgan fingerprint density at radius 2 is 2.56 bits per heavy atom. The zero-order valence-electron chi connectivity index (χ0n) is 5.22. The first-order valence-corrected chi connectivity index (χ1v) is 4.66. The fraction of sp³-hybridized carbons (Fsp3) is 0.833. The highest BCUT2D eigenvalue weighted by molar-refractivity contribution is 14.1. The third-order valence-electron chi connectivity index (χ3n) is 1.72. The molecule has 0 spiro atoms. The molecule has 0 bridgehead atoms. The lowest BCUT2D eigenvalue weighted by Gasteiger charge is -2.14. The highest BCUT2D eigenvalue weighted by Gasteiger charge is 2.21. The summed E-state index contributed by atoms with van der Waals surface area (Å²) in [5.74, 6) is 0. The lowest BCUT2D eigenvalue weighted by atomic mass is 10.2. The van der Waals surface area contributed by atoms with Gasteiger partial charge in [-0.3, -0.25) is 4.90 Å². The average Bonchev–Trinajstić information content (AvgIpc) is 2.33. The maximum atomic E-state index is 10.3. The fourth-order valence-corrected chi connectivity index (χ4v) is 2.00. The number of alkyl halides is 1. The van der Waals surface area contributed by atoms with Crippen LogP contribution >= 0.6 is 22.6 Å². The Labute approximate surface area is 68.7 Å². The van der Waals surface area contributed by atoms with Crippen molar-refractivity contribution in [3.63, 3.8) is 0 Å². The third kappa shape index (κ3) is 1.64. The first-order valence-electron chi connectivity index (χ1n) is 3.14. The third-order valence-corrected chi connectivity index (χ3v) is 2.60. The zero-order valence-corrected chi connectivity index (χ0v) is 7.37. The minimum absolute atomic E-state index is 0.224. The van der Waals surface area contributed by atoms with E-state index in [9.17, 15) is 4.79 Å². The normalized spacial score (nSPS) is 28.8. The number of carbonyl (C=O) groups is 1. The van der Waals surface area contributed by atoms with Gasteiger partial charge < -0.3 is 4.79 Å². The summed E-state index contributed by atoms with van der Waals surface area (Å²) in [6, 6.07) is 0.224. The topological polar surface area (TPSA) is 20.3 Å². The second kappa shape index (κ2) is 3.51. The van der Waals surface area contributed by atoms with Crippen molar-refractivity contribution in [3.05, 3.63) is 0 Å². The summed E-state index contributed by atoms with van der Waals surface area (Å²) in [6.45, 7) is 1.10. The molecule has 1 aliphatic rings. The number of nitrogens with zero attached hydrogens (tertiary/aromatic N) is 1. The van der Waals surface area contributed by atoms with Crippen LogP contribution < -0.4 is 0 Å². The molecule has 0 N–H and O–H groups in total. The number of likely N-dealkylation sites (tertiary alicyclic amines) is 1. The summed E-state index contributed by atoms with van der Waals surface area (Å²) >= 11 is 2.30. The molecule has 0 radical (unpaired) electrons. The Kier molecular flexibility index (Phi) is 2.91. The van der Waals surface area contributed by atoms with Crippen molar-refractivity contribution >= 4 is 28.9 Å². The molecule has 0 saturated carbocycles. The Morgan fingerprint density at radius 3 is 3.00 bits per heavy atom. The van der Waals surface area contributed by atoms with E-state index in [0.717, 1.165) is 23.8 Å². The van der Waals surface area contributed by atoms with E-state index in [2.05, 4.69) is 27.5 Å². The molecule has 0 aromatic carbocycles. The first-order chi connectivity index (χ1) is 4.38. The molecule has 52 valence electrons. The highest BCUT2D eigenvalue weighted by atomic mass is 127. The van der Waals surface area contributed by atoms with Crippen LogP contribution in [0, 0.1) is 0 Å². The van der Waals surface area contributed by atoms with Gasteiger partial charge in [0.25, 0.3) is 0 Å². The smallest absolute Gasteiger partial charge is 0.137 e. The van der Waals surface area contributed by atoms with Crippen molar-refractivity contribution in [2.24, 2.45) is 0 Å². The summed E-state index contributed by atoms with van der Waals surface area (Å²) in [4.78, 5) is 12.5. The predicted molar refractivity (Wildman–Crippen MR) is 44.7 cm³/mol. The second-order valence-corrected chi connectivity index (χ2v) is 2.96. The van der Waals surface area contributed by atoms with E-state index in [1.165, 1.54) is 6.42 Å². The second-order valence-electron chi connectivity index (χ2n) is 2.28. The van der Waals surface area contributed by atoms with Crippen molar-refractivity contribution < 1.29 is 4.79 Å². The molecule has 0 amide bonds. The summed E-state index contributed by atoms with van der Waals surface area (Å²) in [6.07, 6.45) is 3.31. The van der Waals surface area contributed by atoms with Crippen molar-refractivity contribution in [3.8, 4) is 0 Å². The van der Waals surface area contributed by atoms with E-state index >= 15 is 0 Å². The van der Waals surface area contributed by atoms with Crippen molar-refractivity contribution in [1.82, 2.24) is 4.90 Å². The van der Waals surface area contributed by atoms with E-state index in [-0.39, 0.29) is 6.04 Å². The molecular formula is C6H10INO. The molecule has 1 fully saturated rings. The van der Waals surface area contributed by atoms with Crippen LogP contribution in [-0.2, 0) is 4.79 Å². The molecule has 0 unspecified atom stereocenters. The lowest BCUT2D eigenvalue weighted by Crippen LogP contribution is -2.28. The number of aldehydes is 1. The van der Waals surface area contributed by atoms with Gasteiger partial charge in [0, 0.05) is 0 Å². The van der Waals surface area contributed by atoms with Gasteiger partial charge in [-0.2, -0.15) is 0 Å². The van der Waals surface area contributed by atoms with E-state index in [1.807, 2.05) is 0 Å². The summed E-state index contributed by atoms with van der Waals surface area (Å²) < 4.78 is 0.987. The van der Waals surface area contributed by atoms with E-state index in [4.69, 9.17) is 0 Å². The number of rotatable bonds is 2. The molecule has 1 saturated heterocycles. The standard InChI is InChI=1S/C6H10INO/c7-5-8-3-1-2-6(8)4-9/h4,6H,1-3,5H2/t6-/m0/s1. The fourth-order valence-electron chi connectivity index (χ4n) is 1.15. The van der Waals surface area contributed by atoms with Crippen LogP contribution in [0.25, 0.3) is 0 Å². The van der Waals surface area contributed by atoms with Crippen LogP contribution in [0.4, 0.5) is 0 Å². The van der Waals surface area contributed by atoms with Crippen LogP contribution in [0.5, 0.6) is 0 Å². The van der Waals surface area contributed by atoms with Crippen LogP contribution in [0.15, 0.2) is 0 Å². The van der Waals surface area contributed by atoms with Gasteiger partial charge in [-0.15, -0.1) is 0 Å². The average molecular weight is 239 g/mol. The van der Waals surface area contributed by atoms with Gasteiger partial charge in [0.2, 0.25) is 0 Å². The monoisotopic (exact) mass is 239 g/mol. The van der Waals surface area contributed by atoms with Crippen LogP contribution in [0.2, 0.25) is 0 Å². The molecular weight excluding hydrogens is 229 g/mol. The van der Waals surface area contributed by atoms with Gasteiger partial charge in [0.1, 0.15) is 6.29 Å². The predicted octanol–water partition coefficient (Wildman–Crippen LogP) is 1.04. The van der Waals surface area contributed by atoms with Crippen LogP contribution in [-0.4, -0.2) is 28.3 Å². The number of hydrogen-bond donors (Lipinski definition) is 0. The number of halogens is 1. The van der Waals surface area contributed by atoms with Gasteiger partial charge in [-0.1, -0.05) is 22.6 Å². The first kappa shape index (κ1) is 7.47. The minimum atomic E-state index is 0.224. The van der Waals surface area contributed by atoms with Crippen molar-refractivity contribution in [2.75, 3.05) is 11.1 Å². The number of carbonyl (C=O) groups excluding carboxylic acids is 1. The zero-order chi connectivity index (χ0) is 6.69. The molecule has 3 heteroatoms. The van der Waals surface area contributed by atoms with Gasteiger partial charge >= 0.3 is 0 Å². The molecule has 2 nitrogen and oxygen atoms in total. The minimum Gasteiger partial charge on any atom is -0.302 e. The van der Waals surface area contributed by atoms with Gasteiger partial charge in [-0.25, -0.2) is 0 Å². The molecule has 0 aliphatic carbocycles. The van der Waals surface area contributed by atoms with Crippen LogP contribution in [0.3, 0.4) is 0 Å². The number of hydrogen-bond acceptors (Lipinski definition) is 2. The van der Waals surface area contributed by atoms with Crippen molar-refractivity contribution in [2.45, 2.75) is 18.9 Å². The molecule has 0 aromatic rings. The van der Waals surface area contributed by atoms with E-state index in [1.54, 1.807) is 0 Å². The van der Waals surface area contributed by atoms with E-state index in [0.29, 0.717) is 0 Å². The summed E-state index contributed by atoms with van der Waals surface area (Å²) in [7, 11) is 0. The highest BCUT2D eigenvalue weighted by Crippen LogP contribution is 2.15. The maximum Gasteiger partial charge on any atom is 0.137 e. The largest absolute Gasteiger partial charge is 0.302 e. The molecule has 0 aromatic heterocycles. The lowest BCUT2D eigenvalue weighted by molar-refractivity contribution is -0.111. The van der Waals surface area contributed by atoms with Crippen molar-refractivity contribution in [1.29, 1.82) is 0 Å². The Hall–Kier alpha value is 0.360. The Bertz CT molecular complexity index is 107. The maximum absolute atomic E-state index is 10.3. The Balaban J connectivity index is 2.41. The van der Waals surface area contributed by atoms with Gasteiger partial charge in [0.15, 0.2) is 0 Å². The summed E-state index contributed by atoms with van der Waals surface area (Å²) in [5.41, 5.74) is 0. The molecule has 1 atom stereocenters. The van der Waals surface area contributed by atoms with E-state index < -0.39 is 0 Å². The SMILES string of the molecule is O=C[C@@H]1CCCN1CI. The Morgan fingerprint density at radius 1 is 1.78 bits per heavy atom. The van der Waals surface area contributed by atoms with Gasteiger partial charge in [-0.05, 0) is 19.4 Å². The molecule has 1 heterocycles.